The van der Waals surface area contributed by atoms with Crippen molar-refractivity contribution in [1.82, 2.24) is 15.5 Å². The van der Waals surface area contributed by atoms with Crippen molar-refractivity contribution in [2.24, 2.45) is 5.41 Å². The third-order valence-electron chi connectivity index (χ3n) is 6.07. The molecule has 1 amide bonds. The van der Waals surface area contributed by atoms with Gasteiger partial charge in [-0.25, -0.2) is 4.39 Å². The van der Waals surface area contributed by atoms with Gasteiger partial charge >= 0.3 is 0 Å². The molecule has 3 saturated carbocycles. The molecule has 0 radical (unpaired) electrons. The SMILES string of the molecule is O=C(COc1ccc(Cl)c(F)c1)CC12CC(NC(=O)c3n[nH]c4ccccc34)(C1)C2. The Morgan fingerprint density at radius 1 is 1.20 bits per heavy atom. The number of rotatable bonds is 7. The Morgan fingerprint density at radius 2 is 1.97 bits per heavy atom. The number of nitrogens with zero attached hydrogens (tertiary/aromatic N) is 1. The number of nitrogens with one attached hydrogen (secondary N) is 2. The summed E-state index contributed by atoms with van der Waals surface area (Å²) in [6.07, 6.45) is 2.71. The highest BCUT2D eigenvalue weighted by molar-refractivity contribution is 6.30. The fraction of sp³-hybridized carbons (Fsp3) is 0.318. The second-order valence-electron chi connectivity index (χ2n) is 8.46. The summed E-state index contributed by atoms with van der Waals surface area (Å²) in [7, 11) is 0. The van der Waals surface area contributed by atoms with E-state index in [9.17, 15) is 14.0 Å². The van der Waals surface area contributed by atoms with Crippen LogP contribution in [0.1, 0.15) is 36.2 Å². The number of ketones is 1. The highest BCUT2D eigenvalue weighted by Crippen LogP contribution is 2.69. The first-order valence-corrected chi connectivity index (χ1v) is 10.1. The number of carbonyl (C=O) groups excluding carboxylic acids is 2. The number of hydrogen-bond donors (Lipinski definition) is 2. The van der Waals surface area contributed by atoms with Crippen LogP contribution in [0.15, 0.2) is 42.5 Å². The van der Waals surface area contributed by atoms with E-state index in [0.717, 1.165) is 30.2 Å². The van der Waals surface area contributed by atoms with Gasteiger partial charge in [-0.1, -0.05) is 29.8 Å². The van der Waals surface area contributed by atoms with Gasteiger partial charge in [0.05, 0.1) is 10.5 Å². The lowest BCUT2D eigenvalue weighted by Crippen LogP contribution is -2.75. The molecule has 6 rings (SSSR count). The first-order chi connectivity index (χ1) is 14.4. The Labute approximate surface area is 176 Å². The molecule has 1 heterocycles. The summed E-state index contributed by atoms with van der Waals surface area (Å²) in [5.41, 5.74) is 0.913. The highest BCUT2D eigenvalue weighted by atomic mass is 35.5. The van der Waals surface area contributed by atoms with E-state index < -0.39 is 5.82 Å². The number of amides is 1. The molecule has 1 aromatic heterocycles. The number of hydrogen-bond acceptors (Lipinski definition) is 4. The van der Waals surface area contributed by atoms with Gasteiger partial charge in [0.15, 0.2) is 11.5 Å². The molecule has 2 bridgehead atoms. The molecule has 6 nitrogen and oxygen atoms in total. The van der Waals surface area contributed by atoms with Gasteiger partial charge in [-0.05, 0) is 42.9 Å². The van der Waals surface area contributed by atoms with E-state index in [4.69, 9.17) is 16.3 Å². The molecule has 3 aromatic rings. The third kappa shape index (κ3) is 3.23. The fourth-order valence-corrected chi connectivity index (χ4v) is 5.07. The summed E-state index contributed by atoms with van der Waals surface area (Å²) in [6.45, 7) is -0.110. The first kappa shape index (κ1) is 19.1. The van der Waals surface area contributed by atoms with Crippen molar-refractivity contribution in [2.75, 3.05) is 6.61 Å². The molecule has 0 spiro atoms. The van der Waals surface area contributed by atoms with Gasteiger partial charge in [0, 0.05) is 23.4 Å². The van der Waals surface area contributed by atoms with Crippen molar-refractivity contribution < 1.29 is 18.7 Å². The maximum atomic E-state index is 13.4. The van der Waals surface area contributed by atoms with Crippen molar-refractivity contribution in [3.8, 4) is 5.75 Å². The molecule has 0 saturated heterocycles. The van der Waals surface area contributed by atoms with Crippen LogP contribution in [0.2, 0.25) is 5.02 Å². The number of aromatic amines is 1. The minimum absolute atomic E-state index is 0.0118. The lowest BCUT2D eigenvalue weighted by molar-refractivity contribution is -0.162. The first-order valence-electron chi connectivity index (χ1n) is 9.72. The monoisotopic (exact) mass is 427 g/mol. The fourth-order valence-electron chi connectivity index (χ4n) is 4.95. The van der Waals surface area contributed by atoms with E-state index in [1.54, 1.807) is 0 Å². The molecule has 3 fully saturated rings. The molecule has 8 heteroatoms. The second kappa shape index (κ2) is 6.80. The molecule has 154 valence electrons. The van der Waals surface area contributed by atoms with Crippen molar-refractivity contribution in [3.05, 3.63) is 59.0 Å². The number of halogens is 2. The normalized spacial score (nSPS) is 24.1. The predicted molar refractivity (Wildman–Crippen MR) is 109 cm³/mol. The van der Waals surface area contributed by atoms with Gasteiger partial charge in [-0.3, -0.25) is 14.7 Å². The maximum Gasteiger partial charge on any atom is 0.272 e. The topological polar surface area (TPSA) is 84.1 Å². The van der Waals surface area contributed by atoms with Crippen LogP contribution in [0.25, 0.3) is 10.9 Å². The summed E-state index contributed by atoms with van der Waals surface area (Å²) in [5.74, 6) is -0.537. The van der Waals surface area contributed by atoms with Gasteiger partial charge in [-0.2, -0.15) is 5.10 Å². The molecule has 0 atom stereocenters. The van der Waals surface area contributed by atoms with E-state index in [1.807, 2.05) is 24.3 Å². The van der Waals surface area contributed by atoms with Crippen molar-refractivity contribution in [2.45, 2.75) is 31.2 Å². The summed E-state index contributed by atoms with van der Waals surface area (Å²) < 4.78 is 18.8. The molecule has 3 aliphatic carbocycles. The van der Waals surface area contributed by atoms with E-state index in [0.29, 0.717) is 12.1 Å². The number of benzene rings is 2. The Balaban J connectivity index is 1.13. The Hall–Kier alpha value is -2.93. The van der Waals surface area contributed by atoms with Crippen LogP contribution >= 0.6 is 11.6 Å². The Morgan fingerprint density at radius 3 is 2.73 bits per heavy atom. The van der Waals surface area contributed by atoms with Gasteiger partial charge in [-0.15, -0.1) is 0 Å². The third-order valence-corrected chi connectivity index (χ3v) is 6.37. The van der Waals surface area contributed by atoms with Crippen LogP contribution < -0.4 is 10.1 Å². The number of H-pyrrole nitrogens is 1. The number of fused-ring (bicyclic) bond motifs is 1. The van der Waals surface area contributed by atoms with Crippen molar-refractivity contribution >= 4 is 34.2 Å². The highest BCUT2D eigenvalue weighted by Gasteiger charge is 2.68. The second-order valence-corrected chi connectivity index (χ2v) is 8.87. The molecule has 2 N–H and O–H groups in total. The number of Topliss-reactive ketones (excluding diaryl/α,β-unsaturated/α-hetero) is 1. The van der Waals surface area contributed by atoms with Crippen LogP contribution in [0.3, 0.4) is 0 Å². The Bertz CT molecular complexity index is 1160. The van der Waals surface area contributed by atoms with E-state index >= 15 is 0 Å². The zero-order chi connectivity index (χ0) is 20.9. The molecule has 3 aliphatic rings. The number of para-hydroxylation sites is 1. The molecule has 2 aromatic carbocycles. The van der Waals surface area contributed by atoms with Gasteiger partial charge in [0.1, 0.15) is 18.2 Å². The number of ether oxygens (including phenoxy) is 1. The van der Waals surface area contributed by atoms with Gasteiger partial charge in [0.25, 0.3) is 5.91 Å². The van der Waals surface area contributed by atoms with Gasteiger partial charge in [0.2, 0.25) is 0 Å². The standard InChI is InChI=1S/C22H19ClFN3O3/c23-16-6-5-14(7-17(16)24)30-9-13(28)8-21-10-22(11-21,12-21)25-20(29)19-15-3-1-2-4-18(15)26-27-19/h1-7H,8-12H2,(H,25,29)(H,26,27). The Kier molecular flexibility index (Phi) is 4.32. The summed E-state index contributed by atoms with van der Waals surface area (Å²) in [4.78, 5) is 25.0. The smallest absolute Gasteiger partial charge is 0.272 e. The van der Waals surface area contributed by atoms with Crippen LogP contribution in [0, 0.1) is 11.2 Å². The van der Waals surface area contributed by atoms with Crippen LogP contribution in [0.4, 0.5) is 4.39 Å². The average Bonchev–Trinajstić information content (AvgIpc) is 3.10. The average molecular weight is 428 g/mol. The van der Waals surface area contributed by atoms with E-state index in [-0.39, 0.29) is 40.0 Å². The molecule has 0 aliphatic heterocycles. The maximum absolute atomic E-state index is 13.4. The zero-order valence-electron chi connectivity index (χ0n) is 16.0. The number of aromatic nitrogens is 2. The molecule has 0 unspecified atom stereocenters. The number of carbonyl (C=O) groups is 2. The molecular formula is C22H19ClFN3O3. The quantitative estimate of drug-likeness (QED) is 0.596. The molecule has 30 heavy (non-hydrogen) atoms. The summed E-state index contributed by atoms with van der Waals surface area (Å²) in [5, 5.41) is 10.9. The predicted octanol–water partition coefficient (Wildman–Crippen LogP) is 4.05. The zero-order valence-corrected chi connectivity index (χ0v) is 16.8. The van der Waals surface area contributed by atoms with E-state index in [1.165, 1.54) is 18.2 Å². The molecular weight excluding hydrogens is 409 g/mol. The minimum Gasteiger partial charge on any atom is -0.486 e. The van der Waals surface area contributed by atoms with Crippen molar-refractivity contribution in [1.29, 1.82) is 0 Å². The van der Waals surface area contributed by atoms with Crippen LogP contribution in [-0.4, -0.2) is 34.0 Å². The summed E-state index contributed by atoms with van der Waals surface area (Å²) in [6, 6.07) is 11.6. The van der Waals surface area contributed by atoms with Crippen LogP contribution in [-0.2, 0) is 4.79 Å². The lowest BCUT2D eigenvalue weighted by Gasteiger charge is -2.70. The summed E-state index contributed by atoms with van der Waals surface area (Å²) >= 11 is 5.64. The van der Waals surface area contributed by atoms with Crippen molar-refractivity contribution in [3.63, 3.8) is 0 Å². The lowest BCUT2D eigenvalue weighted by atomic mass is 9.38. The minimum atomic E-state index is -0.580. The van der Waals surface area contributed by atoms with Gasteiger partial charge < -0.3 is 10.1 Å². The largest absolute Gasteiger partial charge is 0.486 e. The van der Waals surface area contributed by atoms with Crippen LogP contribution in [0.5, 0.6) is 5.75 Å². The van der Waals surface area contributed by atoms with E-state index in [2.05, 4.69) is 15.5 Å².